The van der Waals surface area contributed by atoms with Crippen LogP contribution in [-0.4, -0.2) is 28.3 Å². The highest BCUT2D eigenvalue weighted by Crippen LogP contribution is 2.13. The highest BCUT2D eigenvalue weighted by molar-refractivity contribution is 5.93. The second kappa shape index (κ2) is 3.92. The molecule has 0 bridgehead atoms. The molecule has 0 aromatic carbocycles. The van der Waals surface area contributed by atoms with Crippen molar-refractivity contribution < 1.29 is 9.53 Å². The molecular weight excluding hydrogens is 180 g/mol. The molecule has 1 saturated heterocycles. The number of carbonyl (C=O) groups is 1. The minimum Gasteiger partial charge on any atom is -0.376 e. The Balaban J connectivity index is 1.98. The summed E-state index contributed by atoms with van der Waals surface area (Å²) < 4.78 is 7.27. The predicted molar refractivity (Wildman–Crippen MR) is 51.2 cm³/mol. The molecule has 0 amide bonds. The van der Waals surface area contributed by atoms with Crippen molar-refractivity contribution in [3.63, 3.8) is 0 Å². The lowest BCUT2D eigenvalue weighted by Crippen LogP contribution is -2.15. The van der Waals surface area contributed by atoms with Crippen molar-refractivity contribution >= 4 is 5.78 Å². The minimum atomic E-state index is 0.0589. The Morgan fingerprint density at radius 3 is 3.21 bits per heavy atom. The average Bonchev–Trinajstić information content (AvgIpc) is 2.75. The number of hydrogen-bond acceptors (Lipinski definition) is 3. The van der Waals surface area contributed by atoms with E-state index in [4.69, 9.17) is 4.74 Å². The molecule has 1 fully saturated rings. The van der Waals surface area contributed by atoms with Crippen LogP contribution in [0.1, 0.15) is 30.1 Å². The molecule has 4 heteroatoms. The van der Waals surface area contributed by atoms with Gasteiger partial charge in [-0.2, -0.15) is 5.10 Å². The van der Waals surface area contributed by atoms with Gasteiger partial charge >= 0.3 is 0 Å². The lowest BCUT2D eigenvalue weighted by atomic mass is 10.2. The molecular formula is C10H14N2O2. The summed E-state index contributed by atoms with van der Waals surface area (Å²) >= 11 is 0. The SMILES string of the molecule is CC(=O)c1cnn(C[C@@H]2CCCO2)c1. The van der Waals surface area contributed by atoms with Crippen molar-refractivity contribution in [2.45, 2.75) is 32.4 Å². The Labute approximate surface area is 82.9 Å². The second-order valence-electron chi connectivity index (χ2n) is 3.64. The van der Waals surface area contributed by atoms with Gasteiger partial charge < -0.3 is 4.74 Å². The molecule has 0 radical (unpaired) electrons. The van der Waals surface area contributed by atoms with E-state index in [2.05, 4.69) is 5.10 Å². The zero-order chi connectivity index (χ0) is 9.97. The Morgan fingerprint density at radius 1 is 1.79 bits per heavy atom. The molecule has 0 saturated carbocycles. The Bertz CT molecular complexity index is 327. The van der Waals surface area contributed by atoms with E-state index < -0.39 is 0 Å². The molecule has 2 heterocycles. The van der Waals surface area contributed by atoms with Gasteiger partial charge in [-0.05, 0) is 19.8 Å². The van der Waals surface area contributed by atoms with Crippen LogP contribution in [0.4, 0.5) is 0 Å². The first-order valence-corrected chi connectivity index (χ1v) is 4.90. The third-order valence-electron chi connectivity index (χ3n) is 2.45. The van der Waals surface area contributed by atoms with E-state index in [0.29, 0.717) is 5.56 Å². The fourth-order valence-corrected chi connectivity index (χ4v) is 1.64. The molecule has 1 aromatic heterocycles. The first-order valence-electron chi connectivity index (χ1n) is 4.90. The number of nitrogens with zero attached hydrogens (tertiary/aromatic N) is 2. The summed E-state index contributed by atoms with van der Waals surface area (Å²) in [5, 5.41) is 4.12. The Hall–Kier alpha value is -1.16. The third-order valence-corrected chi connectivity index (χ3v) is 2.45. The van der Waals surface area contributed by atoms with Gasteiger partial charge in [0.25, 0.3) is 0 Å². The second-order valence-corrected chi connectivity index (χ2v) is 3.64. The van der Waals surface area contributed by atoms with E-state index in [0.717, 1.165) is 26.0 Å². The molecule has 14 heavy (non-hydrogen) atoms. The highest BCUT2D eigenvalue weighted by atomic mass is 16.5. The summed E-state index contributed by atoms with van der Waals surface area (Å²) in [7, 11) is 0. The smallest absolute Gasteiger partial charge is 0.162 e. The van der Waals surface area contributed by atoms with E-state index in [-0.39, 0.29) is 11.9 Å². The average molecular weight is 194 g/mol. The largest absolute Gasteiger partial charge is 0.376 e. The summed E-state index contributed by atoms with van der Waals surface area (Å²) in [4.78, 5) is 11.0. The monoisotopic (exact) mass is 194 g/mol. The Morgan fingerprint density at radius 2 is 2.64 bits per heavy atom. The van der Waals surface area contributed by atoms with Crippen LogP contribution in [-0.2, 0) is 11.3 Å². The topological polar surface area (TPSA) is 44.1 Å². The molecule has 76 valence electrons. The molecule has 1 aliphatic rings. The Kier molecular flexibility index (Phi) is 2.63. The zero-order valence-corrected chi connectivity index (χ0v) is 8.27. The predicted octanol–water partition coefficient (Wildman–Crippen LogP) is 1.26. The molecule has 0 N–H and O–H groups in total. The molecule has 2 rings (SSSR count). The van der Waals surface area contributed by atoms with Crippen LogP contribution in [0.5, 0.6) is 0 Å². The lowest BCUT2D eigenvalue weighted by molar-refractivity contribution is 0.0937. The number of rotatable bonds is 3. The van der Waals surface area contributed by atoms with Gasteiger partial charge in [0.05, 0.1) is 24.4 Å². The van der Waals surface area contributed by atoms with Crippen LogP contribution in [0.2, 0.25) is 0 Å². The lowest BCUT2D eigenvalue weighted by Gasteiger charge is -2.08. The summed E-state index contributed by atoms with van der Waals surface area (Å²) in [6.45, 7) is 3.16. The van der Waals surface area contributed by atoms with Crippen molar-refractivity contribution in [2.75, 3.05) is 6.61 Å². The van der Waals surface area contributed by atoms with Gasteiger partial charge in [0.1, 0.15) is 0 Å². The molecule has 0 spiro atoms. The van der Waals surface area contributed by atoms with Gasteiger partial charge in [0.2, 0.25) is 0 Å². The van der Waals surface area contributed by atoms with E-state index in [9.17, 15) is 4.79 Å². The molecule has 0 unspecified atom stereocenters. The van der Waals surface area contributed by atoms with Crippen LogP contribution in [0.15, 0.2) is 12.4 Å². The molecule has 4 nitrogen and oxygen atoms in total. The van der Waals surface area contributed by atoms with Crippen LogP contribution in [0.25, 0.3) is 0 Å². The number of carbonyl (C=O) groups excluding carboxylic acids is 1. The summed E-state index contributed by atoms with van der Waals surface area (Å²) in [6.07, 6.45) is 5.89. The van der Waals surface area contributed by atoms with E-state index >= 15 is 0 Å². The maximum Gasteiger partial charge on any atom is 0.162 e. The maximum atomic E-state index is 11.0. The van der Waals surface area contributed by atoms with Crippen LogP contribution >= 0.6 is 0 Å². The van der Waals surface area contributed by atoms with Gasteiger partial charge in [0, 0.05) is 12.8 Å². The number of hydrogen-bond donors (Lipinski definition) is 0. The number of aromatic nitrogens is 2. The first kappa shape index (κ1) is 9.40. The molecule has 1 aliphatic heterocycles. The van der Waals surface area contributed by atoms with Gasteiger partial charge in [-0.25, -0.2) is 0 Å². The van der Waals surface area contributed by atoms with Gasteiger partial charge in [-0.3, -0.25) is 9.48 Å². The van der Waals surface area contributed by atoms with Crippen LogP contribution < -0.4 is 0 Å². The van der Waals surface area contributed by atoms with Gasteiger partial charge in [0.15, 0.2) is 5.78 Å². The molecule has 1 atom stereocenters. The van der Waals surface area contributed by atoms with E-state index in [1.54, 1.807) is 24.0 Å². The van der Waals surface area contributed by atoms with Crippen LogP contribution in [0.3, 0.4) is 0 Å². The molecule has 0 aliphatic carbocycles. The molecule has 1 aromatic rings. The van der Waals surface area contributed by atoms with E-state index in [1.807, 2.05) is 0 Å². The number of ether oxygens (including phenoxy) is 1. The van der Waals surface area contributed by atoms with Crippen molar-refractivity contribution in [2.24, 2.45) is 0 Å². The quantitative estimate of drug-likeness (QED) is 0.680. The maximum absolute atomic E-state index is 11.0. The fourth-order valence-electron chi connectivity index (χ4n) is 1.64. The minimum absolute atomic E-state index is 0.0589. The first-order chi connectivity index (χ1) is 6.75. The van der Waals surface area contributed by atoms with Crippen molar-refractivity contribution in [1.82, 2.24) is 9.78 Å². The van der Waals surface area contributed by atoms with Crippen molar-refractivity contribution in [3.8, 4) is 0 Å². The third kappa shape index (κ3) is 2.01. The van der Waals surface area contributed by atoms with E-state index in [1.165, 1.54) is 0 Å². The number of ketones is 1. The standard InChI is InChI=1S/C10H14N2O2/c1-8(13)9-5-11-12(6-9)7-10-3-2-4-14-10/h5-6,10H,2-4,7H2,1H3/t10-/m0/s1. The van der Waals surface area contributed by atoms with Gasteiger partial charge in [-0.1, -0.05) is 0 Å². The summed E-state index contributed by atoms with van der Waals surface area (Å²) in [5.41, 5.74) is 0.669. The van der Waals surface area contributed by atoms with Crippen LogP contribution in [0, 0.1) is 0 Å². The van der Waals surface area contributed by atoms with Gasteiger partial charge in [-0.15, -0.1) is 0 Å². The number of Topliss-reactive ketones (excluding diaryl/α,β-unsaturated/α-hetero) is 1. The summed E-state index contributed by atoms with van der Waals surface area (Å²) in [6, 6.07) is 0. The highest BCUT2D eigenvalue weighted by Gasteiger charge is 2.16. The van der Waals surface area contributed by atoms with Crippen molar-refractivity contribution in [1.29, 1.82) is 0 Å². The fraction of sp³-hybridized carbons (Fsp3) is 0.600. The zero-order valence-electron chi connectivity index (χ0n) is 8.27. The van der Waals surface area contributed by atoms with Crippen molar-refractivity contribution in [3.05, 3.63) is 18.0 Å². The summed E-state index contributed by atoms with van der Waals surface area (Å²) in [5.74, 6) is 0.0589. The normalized spacial score (nSPS) is 21.4.